The Morgan fingerprint density at radius 1 is 1.56 bits per heavy atom. The molecule has 2 unspecified atom stereocenters. The highest BCUT2D eigenvalue weighted by Gasteiger charge is 2.49. The molecule has 1 saturated carbocycles. The molecule has 2 atom stereocenters. The quantitative estimate of drug-likeness (QED) is 0.891. The third-order valence-electron chi connectivity index (χ3n) is 4.24. The van der Waals surface area contributed by atoms with E-state index in [1.54, 1.807) is 4.68 Å². The zero-order chi connectivity index (χ0) is 13.5. The van der Waals surface area contributed by atoms with E-state index in [1.807, 2.05) is 14.0 Å². The predicted molar refractivity (Wildman–Crippen MR) is 76.0 cm³/mol. The molecule has 0 spiro atoms. The number of halogens is 1. The molecule has 0 aromatic carbocycles. The Kier molecular flexibility index (Phi) is 3.75. The van der Waals surface area contributed by atoms with Crippen molar-refractivity contribution in [1.82, 2.24) is 15.1 Å². The summed E-state index contributed by atoms with van der Waals surface area (Å²) in [6, 6.07) is 0.519. The molecule has 4 heteroatoms. The molecule has 3 nitrogen and oxygen atoms in total. The zero-order valence-electron chi connectivity index (χ0n) is 12.0. The van der Waals surface area contributed by atoms with Crippen molar-refractivity contribution in [3.05, 3.63) is 16.4 Å². The van der Waals surface area contributed by atoms with Crippen molar-refractivity contribution in [1.29, 1.82) is 0 Å². The maximum atomic E-state index is 6.33. The van der Waals surface area contributed by atoms with Crippen LogP contribution in [0.25, 0.3) is 0 Å². The molecule has 1 aromatic rings. The number of nitrogens with one attached hydrogen (secondary N) is 1. The molecular weight excluding hydrogens is 246 g/mol. The highest BCUT2D eigenvalue weighted by atomic mass is 35.5. The van der Waals surface area contributed by atoms with Gasteiger partial charge >= 0.3 is 0 Å². The van der Waals surface area contributed by atoms with Gasteiger partial charge in [0, 0.05) is 18.7 Å². The molecule has 102 valence electrons. The van der Waals surface area contributed by atoms with Crippen molar-refractivity contribution >= 4 is 11.6 Å². The molecule has 0 bridgehead atoms. The van der Waals surface area contributed by atoms with Crippen LogP contribution in [0, 0.1) is 18.3 Å². The Morgan fingerprint density at radius 3 is 2.56 bits per heavy atom. The van der Waals surface area contributed by atoms with Crippen molar-refractivity contribution < 1.29 is 0 Å². The second-order valence-corrected chi connectivity index (χ2v) is 6.50. The Morgan fingerprint density at radius 2 is 2.17 bits per heavy atom. The number of likely N-dealkylation sites (N-methyl/N-ethyl adjacent to an activating group) is 1. The summed E-state index contributed by atoms with van der Waals surface area (Å²) in [5.41, 5.74) is 2.74. The highest BCUT2D eigenvalue weighted by Crippen LogP contribution is 2.54. The Hall–Kier alpha value is -0.540. The van der Waals surface area contributed by atoms with Crippen LogP contribution in [-0.2, 0) is 13.5 Å². The van der Waals surface area contributed by atoms with Crippen molar-refractivity contribution in [2.24, 2.45) is 18.4 Å². The van der Waals surface area contributed by atoms with Crippen molar-refractivity contribution in [3.63, 3.8) is 0 Å². The number of nitrogens with zero attached hydrogens (tertiary/aromatic N) is 2. The second-order valence-electron chi connectivity index (χ2n) is 6.15. The minimum absolute atomic E-state index is 0.482. The minimum atomic E-state index is 0.482. The molecule has 0 amide bonds. The van der Waals surface area contributed by atoms with Gasteiger partial charge in [-0.3, -0.25) is 4.68 Å². The fourth-order valence-electron chi connectivity index (χ4n) is 2.94. The summed E-state index contributed by atoms with van der Waals surface area (Å²) in [5.74, 6) is 0.758. The van der Waals surface area contributed by atoms with Crippen LogP contribution in [0.4, 0.5) is 0 Å². The number of aryl methyl sites for hydroxylation is 2. The first-order valence-electron chi connectivity index (χ1n) is 6.78. The Labute approximate surface area is 115 Å². The van der Waals surface area contributed by atoms with Gasteiger partial charge in [0.05, 0.1) is 5.69 Å². The fraction of sp³-hybridized carbons (Fsp3) is 0.786. The van der Waals surface area contributed by atoms with Gasteiger partial charge in [0.15, 0.2) is 0 Å². The molecule has 0 aliphatic heterocycles. The molecule has 18 heavy (non-hydrogen) atoms. The van der Waals surface area contributed by atoms with Crippen molar-refractivity contribution in [2.75, 3.05) is 6.54 Å². The van der Waals surface area contributed by atoms with Crippen LogP contribution in [0.3, 0.4) is 0 Å². The molecule has 1 aliphatic rings. The maximum absolute atomic E-state index is 6.33. The molecule has 1 heterocycles. The summed E-state index contributed by atoms with van der Waals surface area (Å²) in [6.07, 6.45) is 2.29. The van der Waals surface area contributed by atoms with Gasteiger partial charge in [0.25, 0.3) is 0 Å². The van der Waals surface area contributed by atoms with Crippen LogP contribution in [-0.4, -0.2) is 22.4 Å². The fourth-order valence-corrected chi connectivity index (χ4v) is 3.19. The lowest BCUT2D eigenvalue weighted by Gasteiger charge is -2.19. The van der Waals surface area contributed by atoms with Crippen LogP contribution in [0.15, 0.2) is 0 Å². The van der Waals surface area contributed by atoms with Crippen LogP contribution in [0.5, 0.6) is 0 Å². The molecule has 1 aromatic heterocycles. The molecular formula is C14H24ClN3. The first kappa shape index (κ1) is 13.9. The first-order valence-corrected chi connectivity index (χ1v) is 7.16. The average Bonchev–Trinajstić information content (AvgIpc) is 2.84. The molecule has 2 rings (SSSR count). The third-order valence-corrected chi connectivity index (χ3v) is 4.71. The standard InChI is InChI=1S/C14H24ClN3/c1-6-16-12(11-8-14(11,3)4)7-10-9(2)17-18(5)13(10)15/h11-12,16H,6-8H2,1-5H3. The first-order chi connectivity index (χ1) is 8.36. The molecule has 0 radical (unpaired) electrons. The minimum Gasteiger partial charge on any atom is -0.314 e. The highest BCUT2D eigenvalue weighted by molar-refractivity contribution is 6.30. The van der Waals surface area contributed by atoms with E-state index < -0.39 is 0 Å². The van der Waals surface area contributed by atoms with E-state index in [0.29, 0.717) is 11.5 Å². The van der Waals surface area contributed by atoms with E-state index in [4.69, 9.17) is 11.6 Å². The van der Waals surface area contributed by atoms with Gasteiger partial charge in [0.2, 0.25) is 0 Å². The summed E-state index contributed by atoms with van der Waals surface area (Å²) in [4.78, 5) is 0. The van der Waals surface area contributed by atoms with Gasteiger partial charge < -0.3 is 5.32 Å². The number of rotatable bonds is 5. The molecule has 1 N–H and O–H groups in total. The summed E-state index contributed by atoms with van der Waals surface area (Å²) < 4.78 is 1.77. The van der Waals surface area contributed by atoms with E-state index >= 15 is 0 Å². The number of hydrogen-bond donors (Lipinski definition) is 1. The van der Waals surface area contributed by atoms with E-state index in [9.17, 15) is 0 Å². The average molecular weight is 270 g/mol. The van der Waals surface area contributed by atoms with Crippen molar-refractivity contribution in [2.45, 2.75) is 46.6 Å². The van der Waals surface area contributed by atoms with Gasteiger partial charge in [-0.05, 0) is 37.6 Å². The largest absolute Gasteiger partial charge is 0.314 e. The van der Waals surface area contributed by atoms with Gasteiger partial charge in [-0.1, -0.05) is 32.4 Å². The van der Waals surface area contributed by atoms with Crippen LogP contribution in [0.2, 0.25) is 5.15 Å². The van der Waals surface area contributed by atoms with E-state index in [2.05, 4.69) is 31.2 Å². The summed E-state index contributed by atoms with van der Waals surface area (Å²) in [5, 5.41) is 8.80. The SMILES string of the molecule is CCNC(Cc1c(C)nn(C)c1Cl)C1CC1(C)C. The monoisotopic (exact) mass is 269 g/mol. The molecule has 1 fully saturated rings. The predicted octanol–water partition coefficient (Wildman–Crippen LogP) is 2.95. The number of aromatic nitrogens is 2. The topological polar surface area (TPSA) is 29.9 Å². The van der Waals surface area contributed by atoms with Crippen molar-refractivity contribution in [3.8, 4) is 0 Å². The van der Waals surface area contributed by atoms with Gasteiger partial charge in [0.1, 0.15) is 5.15 Å². The van der Waals surface area contributed by atoms with Crippen LogP contribution >= 0.6 is 11.6 Å². The summed E-state index contributed by atoms with van der Waals surface area (Å²) in [7, 11) is 1.90. The lowest BCUT2D eigenvalue weighted by atomic mass is 9.97. The Balaban J connectivity index is 2.14. The van der Waals surface area contributed by atoms with Gasteiger partial charge in [-0.25, -0.2) is 0 Å². The molecule has 1 aliphatic carbocycles. The van der Waals surface area contributed by atoms with Crippen LogP contribution in [0.1, 0.15) is 38.4 Å². The van der Waals surface area contributed by atoms with Gasteiger partial charge in [-0.15, -0.1) is 0 Å². The molecule has 0 saturated heterocycles. The maximum Gasteiger partial charge on any atom is 0.130 e. The number of hydrogen-bond acceptors (Lipinski definition) is 2. The van der Waals surface area contributed by atoms with Crippen LogP contribution < -0.4 is 5.32 Å². The summed E-state index contributed by atoms with van der Waals surface area (Å²) in [6.45, 7) is 9.91. The summed E-state index contributed by atoms with van der Waals surface area (Å²) >= 11 is 6.33. The van der Waals surface area contributed by atoms with Gasteiger partial charge in [-0.2, -0.15) is 5.10 Å². The van der Waals surface area contributed by atoms with E-state index in [1.165, 1.54) is 12.0 Å². The lowest BCUT2D eigenvalue weighted by Crippen LogP contribution is -2.34. The van der Waals surface area contributed by atoms with E-state index in [-0.39, 0.29) is 0 Å². The Bertz CT molecular complexity index is 436. The van der Waals surface area contributed by atoms with E-state index in [0.717, 1.165) is 29.7 Å². The third kappa shape index (κ3) is 2.57. The second kappa shape index (κ2) is 4.86. The normalized spacial score (nSPS) is 23.1. The lowest BCUT2D eigenvalue weighted by molar-refractivity contribution is 0.409. The zero-order valence-corrected chi connectivity index (χ0v) is 12.8. The smallest absolute Gasteiger partial charge is 0.130 e.